The van der Waals surface area contributed by atoms with Crippen LogP contribution >= 0.6 is 15.9 Å². The van der Waals surface area contributed by atoms with E-state index in [0.717, 1.165) is 24.0 Å². The van der Waals surface area contributed by atoms with Crippen LogP contribution in [-0.4, -0.2) is 31.7 Å². The third-order valence-electron chi connectivity index (χ3n) is 4.59. The molecule has 1 amide bonds. The van der Waals surface area contributed by atoms with Crippen molar-refractivity contribution in [1.82, 2.24) is 9.62 Å². The Hall–Kier alpha value is -1.70. The molecule has 5 nitrogen and oxygen atoms in total. The summed E-state index contributed by atoms with van der Waals surface area (Å²) in [6.07, 6.45) is 1.75. The monoisotopic (exact) mass is 436 g/mol. The first-order chi connectivity index (χ1) is 12.4. The van der Waals surface area contributed by atoms with Crippen LogP contribution in [0.1, 0.15) is 34.3 Å². The van der Waals surface area contributed by atoms with E-state index in [9.17, 15) is 13.2 Å². The topological polar surface area (TPSA) is 66.5 Å². The summed E-state index contributed by atoms with van der Waals surface area (Å²) in [6, 6.07) is 12.4. The number of halogens is 1. The lowest BCUT2D eigenvalue weighted by Gasteiger charge is -2.16. The van der Waals surface area contributed by atoms with Crippen LogP contribution < -0.4 is 5.32 Å². The molecule has 1 saturated heterocycles. The average Bonchev–Trinajstić information content (AvgIpc) is 3.16. The molecule has 26 heavy (non-hydrogen) atoms. The first-order valence-electron chi connectivity index (χ1n) is 8.52. The van der Waals surface area contributed by atoms with Gasteiger partial charge in [-0.05, 0) is 65.0 Å². The number of rotatable bonds is 5. The lowest BCUT2D eigenvalue weighted by Crippen LogP contribution is -2.28. The second-order valence-electron chi connectivity index (χ2n) is 6.36. The molecular weight excluding hydrogens is 416 g/mol. The Morgan fingerprint density at radius 3 is 2.54 bits per heavy atom. The first kappa shape index (κ1) is 19.1. The van der Waals surface area contributed by atoms with Gasteiger partial charge in [0.15, 0.2) is 0 Å². The molecule has 0 aromatic heterocycles. The standard InChI is InChI=1S/C19H21BrN2O3S/c1-14-6-2-3-7-15(14)13-21-19(23)17-12-16(8-9-18(17)20)26(24,25)22-10-4-5-11-22/h2-3,6-9,12H,4-5,10-11,13H2,1H3,(H,21,23). The van der Waals surface area contributed by atoms with Crippen LogP contribution in [0.3, 0.4) is 0 Å². The van der Waals surface area contributed by atoms with Crippen molar-refractivity contribution in [3.8, 4) is 0 Å². The Labute approximate surface area is 162 Å². The Bertz CT molecular complexity index is 922. The van der Waals surface area contributed by atoms with Gasteiger partial charge in [0.05, 0.1) is 10.5 Å². The molecule has 138 valence electrons. The van der Waals surface area contributed by atoms with E-state index in [1.807, 2.05) is 31.2 Å². The molecule has 1 N–H and O–H groups in total. The van der Waals surface area contributed by atoms with Crippen molar-refractivity contribution in [1.29, 1.82) is 0 Å². The largest absolute Gasteiger partial charge is 0.348 e. The van der Waals surface area contributed by atoms with Gasteiger partial charge >= 0.3 is 0 Å². The summed E-state index contributed by atoms with van der Waals surface area (Å²) in [6.45, 7) is 3.45. The van der Waals surface area contributed by atoms with E-state index < -0.39 is 10.0 Å². The number of carbonyl (C=O) groups excluding carboxylic acids is 1. The first-order valence-corrected chi connectivity index (χ1v) is 10.8. The molecule has 0 radical (unpaired) electrons. The zero-order valence-corrected chi connectivity index (χ0v) is 16.9. The minimum Gasteiger partial charge on any atom is -0.348 e. The Balaban J connectivity index is 1.81. The van der Waals surface area contributed by atoms with Gasteiger partial charge < -0.3 is 5.32 Å². The fourth-order valence-corrected chi connectivity index (χ4v) is 4.97. The molecule has 3 rings (SSSR count). The zero-order valence-electron chi connectivity index (χ0n) is 14.5. The summed E-state index contributed by atoms with van der Waals surface area (Å²) in [4.78, 5) is 12.8. The summed E-state index contributed by atoms with van der Waals surface area (Å²) in [5.74, 6) is -0.307. The van der Waals surface area contributed by atoms with E-state index in [4.69, 9.17) is 0 Å². The molecule has 0 bridgehead atoms. The number of sulfonamides is 1. The number of benzene rings is 2. The molecule has 2 aromatic carbocycles. The average molecular weight is 437 g/mol. The lowest BCUT2D eigenvalue weighted by atomic mass is 10.1. The van der Waals surface area contributed by atoms with Gasteiger partial charge in [-0.25, -0.2) is 8.42 Å². The number of carbonyl (C=O) groups is 1. The maximum absolute atomic E-state index is 12.7. The highest BCUT2D eigenvalue weighted by Crippen LogP contribution is 2.25. The van der Waals surface area contributed by atoms with Gasteiger partial charge in [0, 0.05) is 24.1 Å². The number of hydrogen-bond acceptors (Lipinski definition) is 3. The van der Waals surface area contributed by atoms with Gasteiger partial charge in [0.25, 0.3) is 5.91 Å². The molecule has 0 aliphatic carbocycles. The molecule has 2 aromatic rings. The number of nitrogens with one attached hydrogen (secondary N) is 1. The van der Waals surface area contributed by atoms with Crippen molar-refractivity contribution in [2.45, 2.75) is 31.2 Å². The van der Waals surface area contributed by atoms with Crippen LogP contribution in [0.2, 0.25) is 0 Å². The van der Waals surface area contributed by atoms with E-state index >= 15 is 0 Å². The van der Waals surface area contributed by atoms with E-state index in [1.165, 1.54) is 16.4 Å². The van der Waals surface area contributed by atoms with Crippen molar-refractivity contribution in [3.05, 3.63) is 63.6 Å². The number of amides is 1. The van der Waals surface area contributed by atoms with Gasteiger partial charge in [-0.15, -0.1) is 0 Å². The number of aryl methyl sites for hydroxylation is 1. The van der Waals surface area contributed by atoms with Crippen molar-refractivity contribution < 1.29 is 13.2 Å². The highest BCUT2D eigenvalue weighted by molar-refractivity contribution is 9.10. The fourth-order valence-electron chi connectivity index (χ4n) is 3.00. The lowest BCUT2D eigenvalue weighted by molar-refractivity contribution is 0.0950. The van der Waals surface area contributed by atoms with E-state index in [-0.39, 0.29) is 10.8 Å². The minimum atomic E-state index is -3.55. The quantitative estimate of drug-likeness (QED) is 0.779. The number of nitrogens with zero attached hydrogens (tertiary/aromatic N) is 1. The van der Waals surface area contributed by atoms with Gasteiger partial charge in [-0.1, -0.05) is 24.3 Å². The predicted octanol–water partition coefficient (Wildman–Crippen LogP) is 3.47. The molecule has 1 aliphatic rings. The van der Waals surface area contributed by atoms with Gasteiger partial charge in [0.2, 0.25) is 10.0 Å². The Morgan fingerprint density at radius 1 is 1.15 bits per heavy atom. The maximum atomic E-state index is 12.7. The SMILES string of the molecule is Cc1ccccc1CNC(=O)c1cc(S(=O)(=O)N2CCCC2)ccc1Br. The van der Waals surface area contributed by atoms with Crippen LogP contribution in [-0.2, 0) is 16.6 Å². The van der Waals surface area contributed by atoms with Crippen LogP contribution in [0.15, 0.2) is 51.8 Å². The van der Waals surface area contributed by atoms with E-state index in [2.05, 4.69) is 21.2 Å². The summed E-state index contributed by atoms with van der Waals surface area (Å²) >= 11 is 3.35. The minimum absolute atomic E-state index is 0.156. The van der Waals surface area contributed by atoms with E-state index in [0.29, 0.717) is 29.7 Å². The van der Waals surface area contributed by atoms with Crippen molar-refractivity contribution in [3.63, 3.8) is 0 Å². The zero-order chi connectivity index (χ0) is 18.7. The summed E-state index contributed by atoms with van der Waals surface area (Å²) in [5.41, 5.74) is 2.44. The normalized spacial score (nSPS) is 15.2. The molecule has 0 spiro atoms. The summed E-state index contributed by atoms with van der Waals surface area (Å²) in [5, 5.41) is 2.87. The molecule has 0 atom stereocenters. The number of hydrogen-bond donors (Lipinski definition) is 1. The molecule has 7 heteroatoms. The van der Waals surface area contributed by atoms with Crippen molar-refractivity contribution in [2.75, 3.05) is 13.1 Å². The second kappa shape index (κ2) is 7.90. The van der Waals surface area contributed by atoms with Gasteiger partial charge in [-0.3, -0.25) is 4.79 Å². The third kappa shape index (κ3) is 4.00. The highest BCUT2D eigenvalue weighted by Gasteiger charge is 2.28. The smallest absolute Gasteiger partial charge is 0.252 e. The molecular formula is C19H21BrN2O3S. The van der Waals surface area contributed by atoms with Gasteiger partial charge in [-0.2, -0.15) is 4.31 Å². The Morgan fingerprint density at radius 2 is 1.85 bits per heavy atom. The predicted molar refractivity (Wildman–Crippen MR) is 104 cm³/mol. The van der Waals surface area contributed by atoms with Crippen LogP contribution in [0.25, 0.3) is 0 Å². The van der Waals surface area contributed by atoms with E-state index in [1.54, 1.807) is 6.07 Å². The Kier molecular flexibility index (Phi) is 5.79. The van der Waals surface area contributed by atoms with Gasteiger partial charge in [0.1, 0.15) is 0 Å². The van der Waals surface area contributed by atoms with Crippen LogP contribution in [0.5, 0.6) is 0 Å². The van der Waals surface area contributed by atoms with Crippen LogP contribution in [0.4, 0.5) is 0 Å². The molecule has 0 unspecified atom stereocenters. The highest BCUT2D eigenvalue weighted by atomic mass is 79.9. The second-order valence-corrected chi connectivity index (χ2v) is 9.15. The molecule has 0 saturated carbocycles. The van der Waals surface area contributed by atoms with Crippen molar-refractivity contribution in [2.24, 2.45) is 0 Å². The molecule has 1 fully saturated rings. The van der Waals surface area contributed by atoms with Crippen LogP contribution in [0, 0.1) is 6.92 Å². The summed E-state index contributed by atoms with van der Waals surface area (Å²) in [7, 11) is -3.55. The summed E-state index contributed by atoms with van der Waals surface area (Å²) < 4.78 is 27.5. The third-order valence-corrected chi connectivity index (χ3v) is 7.17. The molecule has 1 heterocycles. The molecule has 1 aliphatic heterocycles. The maximum Gasteiger partial charge on any atom is 0.252 e. The van der Waals surface area contributed by atoms with Crippen molar-refractivity contribution >= 4 is 31.9 Å². The fraction of sp³-hybridized carbons (Fsp3) is 0.316.